The summed E-state index contributed by atoms with van der Waals surface area (Å²) in [4.78, 5) is 9.93. The second kappa shape index (κ2) is 5.64. The van der Waals surface area contributed by atoms with Crippen LogP contribution in [0.25, 0.3) is 0 Å². The first-order valence-corrected chi connectivity index (χ1v) is 3.98. The molecule has 0 radical (unpaired) electrons. The second-order valence-corrected chi connectivity index (χ2v) is 2.37. The number of ether oxygens (including phenoxy) is 2. The van der Waals surface area contributed by atoms with Crippen molar-refractivity contribution in [2.75, 3.05) is 6.79 Å². The Hall–Kier alpha value is -1.97. The Bertz CT molecular complexity index is 278. The lowest BCUT2D eigenvalue weighted by Gasteiger charge is -1.89. The lowest BCUT2D eigenvalue weighted by atomic mass is 10.4. The van der Waals surface area contributed by atoms with E-state index in [1.54, 1.807) is 0 Å². The molecular weight excluding hydrogens is 184 g/mol. The van der Waals surface area contributed by atoms with Crippen LogP contribution in [0.1, 0.15) is 0 Å². The predicted octanol–water partition coefficient (Wildman–Crippen LogP) is 1.60. The fourth-order valence-electron chi connectivity index (χ4n) is 0.738. The van der Waals surface area contributed by atoms with Crippen molar-refractivity contribution in [3.05, 3.63) is 48.4 Å². The van der Waals surface area contributed by atoms with Crippen molar-refractivity contribution in [2.45, 2.75) is 0 Å². The number of carboxylic acid groups (broad SMARTS) is 1. The van der Waals surface area contributed by atoms with Crippen molar-refractivity contribution >= 4 is 5.97 Å². The zero-order chi connectivity index (χ0) is 10.2. The van der Waals surface area contributed by atoms with Crippen LogP contribution in [0.5, 0.6) is 0 Å². The summed E-state index contributed by atoms with van der Waals surface area (Å²) >= 11 is 0. The van der Waals surface area contributed by atoms with E-state index in [2.05, 4.69) is 9.47 Å². The van der Waals surface area contributed by atoms with E-state index in [1.165, 1.54) is 0 Å². The van der Waals surface area contributed by atoms with Crippen LogP contribution >= 0.6 is 0 Å². The number of rotatable bonds is 1. The Balaban J connectivity index is 0.000000146. The number of carbonyl (C=O) groups is 1. The maximum absolute atomic E-state index is 9.93. The van der Waals surface area contributed by atoms with E-state index in [-0.39, 0.29) is 12.6 Å². The van der Waals surface area contributed by atoms with E-state index in [0.29, 0.717) is 0 Å². The van der Waals surface area contributed by atoms with Crippen LogP contribution < -0.4 is 0 Å². The number of carboxylic acids is 1. The predicted molar refractivity (Wildman–Crippen MR) is 49.2 cm³/mol. The highest BCUT2D eigenvalue weighted by atomic mass is 16.7. The van der Waals surface area contributed by atoms with Crippen molar-refractivity contribution in [2.24, 2.45) is 0 Å². The van der Waals surface area contributed by atoms with Crippen LogP contribution in [-0.2, 0) is 14.3 Å². The average Bonchev–Trinajstić information content (AvgIpc) is 2.74. The van der Waals surface area contributed by atoms with Crippen LogP contribution in [0.2, 0.25) is 0 Å². The summed E-state index contributed by atoms with van der Waals surface area (Å²) in [6.07, 6.45) is 1.07. The van der Waals surface area contributed by atoms with E-state index < -0.39 is 5.97 Å². The Morgan fingerprint density at radius 2 is 1.64 bits per heavy atom. The SMILES string of the molecule is O=C(O)C1=COCO1.c1ccccc1. The zero-order valence-electron chi connectivity index (χ0n) is 7.42. The van der Waals surface area contributed by atoms with Crippen LogP contribution in [0.3, 0.4) is 0 Å². The van der Waals surface area contributed by atoms with Crippen molar-refractivity contribution in [1.29, 1.82) is 0 Å². The highest BCUT2D eigenvalue weighted by Gasteiger charge is 2.13. The highest BCUT2D eigenvalue weighted by molar-refractivity contribution is 5.84. The topological polar surface area (TPSA) is 55.8 Å². The molecule has 1 N–H and O–H groups in total. The number of aliphatic carboxylic acids is 1. The van der Waals surface area contributed by atoms with Crippen molar-refractivity contribution in [1.82, 2.24) is 0 Å². The molecule has 0 fully saturated rings. The minimum atomic E-state index is -1.09. The summed E-state index contributed by atoms with van der Waals surface area (Å²) in [5.74, 6) is -1.23. The van der Waals surface area contributed by atoms with Crippen LogP contribution in [-0.4, -0.2) is 17.9 Å². The molecule has 1 heterocycles. The van der Waals surface area contributed by atoms with Crippen molar-refractivity contribution in [3.8, 4) is 0 Å². The van der Waals surface area contributed by atoms with Crippen molar-refractivity contribution < 1.29 is 19.4 Å². The molecule has 1 aromatic carbocycles. The van der Waals surface area contributed by atoms with E-state index in [0.717, 1.165) is 6.26 Å². The molecule has 0 aliphatic carbocycles. The van der Waals surface area contributed by atoms with Gasteiger partial charge < -0.3 is 14.6 Å². The summed E-state index contributed by atoms with van der Waals surface area (Å²) in [5, 5.41) is 8.14. The number of hydrogen-bond donors (Lipinski definition) is 1. The van der Waals surface area contributed by atoms with Gasteiger partial charge in [-0.3, -0.25) is 0 Å². The first-order valence-electron chi connectivity index (χ1n) is 3.98. The quantitative estimate of drug-likeness (QED) is 0.737. The monoisotopic (exact) mass is 194 g/mol. The minimum Gasteiger partial charge on any atom is -0.475 e. The molecule has 1 aromatic rings. The third-order valence-corrected chi connectivity index (χ3v) is 1.35. The van der Waals surface area contributed by atoms with Gasteiger partial charge in [0.15, 0.2) is 0 Å². The van der Waals surface area contributed by atoms with Gasteiger partial charge >= 0.3 is 5.97 Å². The molecule has 0 spiro atoms. The third-order valence-electron chi connectivity index (χ3n) is 1.35. The maximum Gasteiger partial charge on any atom is 0.374 e. The smallest absolute Gasteiger partial charge is 0.374 e. The Morgan fingerprint density at radius 1 is 1.14 bits per heavy atom. The second-order valence-electron chi connectivity index (χ2n) is 2.37. The molecule has 2 rings (SSSR count). The molecule has 0 amide bonds. The summed E-state index contributed by atoms with van der Waals surface area (Å²) in [7, 11) is 0. The molecular formula is C10H10O4. The van der Waals surface area contributed by atoms with Crippen LogP contribution in [0.4, 0.5) is 0 Å². The molecule has 1 aliphatic heterocycles. The van der Waals surface area contributed by atoms with Gasteiger partial charge in [-0.2, -0.15) is 0 Å². The highest BCUT2D eigenvalue weighted by Crippen LogP contribution is 2.04. The van der Waals surface area contributed by atoms with E-state index in [4.69, 9.17) is 5.11 Å². The maximum atomic E-state index is 9.93. The van der Waals surface area contributed by atoms with Gasteiger partial charge in [-0.25, -0.2) is 4.79 Å². The zero-order valence-corrected chi connectivity index (χ0v) is 7.42. The normalized spacial score (nSPS) is 12.7. The Kier molecular flexibility index (Phi) is 4.07. The van der Waals surface area contributed by atoms with Crippen LogP contribution in [0, 0.1) is 0 Å². The molecule has 0 unspecified atom stereocenters. The molecule has 0 bridgehead atoms. The third kappa shape index (κ3) is 3.62. The fourth-order valence-corrected chi connectivity index (χ4v) is 0.738. The van der Waals surface area contributed by atoms with Crippen LogP contribution in [0.15, 0.2) is 48.4 Å². The lowest BCUT2D eigenvalue weighted by molar-refractivity contribution is -0.136. The Labute approximate surface area is 81.4 Å². The molecule has 0 aromatic heterocycles. The molecule has 4 nitrogen and oxygen atoms in total. The summed E-state index contributed by atoms with van der Waals surface area (Å²) < 4.78 is 8.91. The molecule has 0 saturated heterocycles. The van der Waals surface area contributed by atoms with Gasteiger partial charge in [0.2, 0.25) is 12.6 Å². The molecule has 14 heavy (non-hydrogen) atoms. The van der Waals surface area contributed by atoms with Gasteiger partial charge in [0.05, 0.1) is 0 Å². The fraction of sp³-hybridized carbons (Fsp3) is 0.100. The molecule has 4 heteroatoms. The standard InChI is InChI=1S/C6H6.C4H4O4/c1-2-4-6-5-3-1;5-4(6)3-1-7-2-8-3/h1-6H;1H,2H2,(H,5,6). The average molecular weight is 194 g/mol. The first-order chi connectivity index (χ1) is 6.80. The van der Waals surface area contributed by atoms with Gasteiger partial charge in [0, 0.05) is 0 Å². The summed E-state index contributed by atoms with van der Waals surface area (Å²) in [6, 6.07) is 12.0. The minimum absolute atomic E-state index is 0.0155. The lowest BCUT2D eigenvalue weighted by Crippen LogP contribution is -1.99. The molecule has 1 aliphatic rings. The van der Waals surface area contributed by atoms with E-state index >= 15 is 0 Å². The number of hydrogen-bond acceptors (Lipinski definition) is 3. The summed E-state index contributed by atoms with van der Waals surface area (Å²) in [5.41, 5.74) is 0. The van der Waals surface area contributed by atoms with Gasteiger partial charge in [-0.1, -0.05) is 36.4 Å². The Morgan fingerprint density at radius 3 is 1.86 bits per heavy atom. The molecule has 0 saturated carbocycles. The molecule has 74 valence electrons. The van der Waals surface area contributed by atoms with Gasteiger partial charge in [0.25, 0.3) is 0 Å². The number of benzene rings is 1. The van der Waals surface area contributed by atoms with Crippen molar-refractivity contribution in [3.63, 3.8) is 0 Å². The largest absolute Gasteiger partial charge is 0.475 e. The van der Waals surface area contributed by atoms with E-state index in [1.807, 2.05) is 36.4 Å². The first kappa shape index (κ1) is 10.1. The van der Waals surface area contributed by atoms with Gasteiger partial charge in [-0.05, 0) is 0 Å². The van der Waals surface area contributed by atoms with E-state index in [9.17, 15) is 4.79 Å². The molecule has 0 atom stereocenters. The summed E-state index contributed by atoms with van der Waals surface area (Å²) in [6.45, 7) is 0.0155. The van der Waals surface area contributed by atoms with Gasteiger partial charge in [-0.15, -0.1) is 0 Å². The van der Waals surface area contributed by atoms with Gasteiger partial charge in [0.1, 0.15) is 6.26 Å².